The summed E-state index contributed by atoms with van der Waals surface area (Å²) in [5, 5.41) is 2.84. The van der Waals surface area contributed by atoms with Crippen molar-refractivity contribution < 1.29 is 9.53 Å². The van der Waals surface area contributed by atoms with Crippen molar-refractivity contribution >= 4 is 23.4 Å². The summed E-state index contributed by atoms with van der Waals surface area (Å²) in [6.45, 7) is 2.97. The SMILES string of the molecule is COc1cc2c(cc1C1=CC(C)CN=C1)CC(=O)N2. The van der Waals surface area contributed by atoms with Crippen molar-refractivity contribution in [3.8, 4) is 5.75 Å². The number of fused-ring (bicyclic) bond motifs is 1. The topological polar surface area (TPSA) is 50.7 Å². The van der Waals surface area contributed by atoms with Crippen LogP contribution in [0.25, 0.3) is 5.57 Å². The maximum atomic E-state index is 11.4. The van der Waals surface area contributed by atoms with Gasteiger partial charge in [-0.3, -0.25) is 9.79 Å². The lowest BCUT2D eigenvalue weighted by molar-refractivity contribution is -0.115. The van der Waals surface area contributed by atoms with E-state index in [9.17, 15) is 4.79 Å². The fourth-order valence-corrected chi connectivity index (χ4v) is 2.53. The van der Waals surface area contributed by atoms with Gasteiger partial charge < -0.3 is 10.1 Å². The number of methoxy groups -OCH3 is 1. The Morgan fingerprint density at radius 3 is 3.00 bits per heavy atom. The molecule has 2 aliphatic rings. The van der Waals surface area contributed by atoms with Crippen LogP contribution in [0.4, 0.5) is 5.69 Å². The van der Waals surface area contributed by atoms with E-state index in [4.69, 9.17) is 4.74 Å². The molecule has 4 nitrogen and oxygen atoms in total. The van der Waals surface area contributed by atoms with Crippen LogP contribution in [0.15, 0.2) is 23.2 Å². The Morgan fingerprint density at radius 1 is 1.42 bits per heavy atom. The maximum Gasteiger partial charge on any atom is 0.228 e. The van der Waals surface area contributed by atoms with Crippen molar-refractivity contribution in [3.05, 3.63) is 29.3 Å². The molecule has 2 aliphatic heterocycles. The summed E-state index contributed by atoms with van der Waals surface area (Å²) >= 11 is 0. The normalized spacial score (nSPS) is 20.8. The van der Waals surface area contributed by atoms with Crippen LogP contribution >= 0.6 is 0 Å². The fourth-order valence-electron chi connectivity index (χ4n) is 2.53. The summed E-state index contributed by atoms with van der Waals surface area (Å²) in [6.07, 6.45) is 4.52. The largest absolute Gasteiger partial charge is 0.496 e. The maximum absolute atomic E-state index is 11.4. The second-order valence-electron chi connectivity index (χ2n) is 5.03. The van der Waals surface area contributed by atoms with Gasteiger partial charge in [-0.2, -0.15) is 0 Å². The van der Waals surface area contributed by atoms with Crippen LogP contribution in [0.3, 0.4) is 0 Å². The van der Waals surface area contributed by atoms with E-state index in [0.717, 1.165) is 34.7 Å². The molecule has 1 unspecified atom stereocenters. The van der Waals surface area contributed by atoms with Crippen molar-refractivity contribution in [3.63, 3.8) is 0 Å². The number of nitrogens with one attached hydrogen (secondary N) is 1. The summed E-state index contributed by atoms with van der Waals surface area (Å²) in [4.78, 5) is 15.8. The molecule has 0 spiro atoms. The highest BCUT2D eigenvalue weighted by Crippen LogP contribution is 2.35. The number of hydrogen-bond acceptors (Lipinski definition) is 3. The van der Waals surface area contributed by atoms with Crippen LogP contribution in [-0.2, 0) is 11.2 Å². The van der Waals surface area contributed by atoms with Gasteiger partial charge >= 0.3 is 0 Å². The third-order valence-corrected chi connectivity index (χ3v) is 3.45. The molecule has 1 N–H and O–H groups in total. The first-order valence-electron chi connectivity index (χ1n) is 6.40. The van der Waals surface area contributed by atoms with E-state index >= 15 is 0 Å². The molecule has 19 heavy (non-hydrogen) atoms. The minimum absolute atomic E-state index is 0.0360. The molecule has 1 aromatic rings. The highest BCUT2D eigenvalue weighted by Gasteiger charge is 2.22. The number of allylic oxidation sites excluding steroid dienone is 1. The number of carbonyl (C=O) groups excluding carboxylic acids is 1. The fraction of sp³-hybridized carbons (Fsp3) is 0.333. The Morgan fingerprint density at radius 2 is 2.26 bits per heavy atom. The molecule has 1 amide bonds. The van der Waals surface area contributed by atoms with Gasteiger partial charge in [0.15, 0.2) is 0 Å². The lowest BCUT2D eigenvalue weighted by Crippen LogP contribution is -2.05. The molecule has 0 saturated carbocycles. The summed E-state index contributed by atoms with van der Waals surface area (Å²) < 4.78 is 5.44. The van der Waals surface area contributed by atoms with E-state index in [1.54, 1.807) is 7.11 Å². The highest BCUT2D eigenvalue weighted by molar-refractivity contribution is 6.12. The van der Waals surface area contributed by atoms with Crippen LogP contribution in [0.1, 0.15) is 18.1 Å². The van der Waals surface area contributed by atoms with Gasteiger partial charge in [-0.1, -0.05) is 13.0 Å². The average molecular weight is 256 g/mol. The van der Waals surface area contributed by atoms with E-state index in [2.05, 4.69) is 23.3 Å². The average Bonchev–Trinajstić information content (AvgIpc) is 2.76. The molecule has 0 aliphatic carbocycles. The minimum Gasteiger partial charge on any atom is -0.496 e. The number of nitrogens with zero attached hydrogens (tertiary/aromatic N) is 1. The monoisotopic (exact) mass is 256 g/mol. The molecule has 0 radical (unpaired) electrons. The number of dihydropyridines is 1. The van der Waals surface area contributed by atoms with Crippen molar-refractivity contribution in [1.29, 1.82) is 0 Å². The standard InChI is InChI=1S/C15H16N2O2/c1-9-3-11(8-16-7-9)12-4-10-5-15(18)17-13(10)6-14(12)19-2/h3-4,6,8-9H,5,7H2,1-2H3,(H,17,18). The van der Waals surface area contributed by atoms with Crippen molar-refractivity contribution in [2.24, 2.45) is 10.9 Å². The van der Waals surface area contributed by atoms with Crippen LogP contribution in [0.2, 0.25) is 0 Å². The van der Waals surface area contributed by atoms with E-state index in [0.29, 0.717) is 12.3 Å². The summed E-state index contributed by atoms with van der Waals surface area (Å²) in [5.74, 6) is 1.24. The Bertz CT molecular complexity index is 602. The van der Waals surface area contributed by atoms with Gasteiger partial charge in [0, 0.05) is 30.1 Å². The minimum atomic E-state index is 0.0360. The second-order valence-corrected chi connectivity index (χ2v) is 5.03. The van der Waals surface area contributed by atoms with Crippen molar-refractivity contribution in [2.45, 2.75) is 13.3 Å². The Kier molecular flexibility index (Phi) is 2.85. The molecular weight excluding hydrogens is 240 g/mol. The number of rotatable bonds is 2. The predicted molar refractivity (Wildman–Crippen MR) is 75.8 cm³/mol. The summed E-state index contributed by atoms with van der Waals surface area (Å²) in [5.41, 5.74) is 3.95. The molecule has 0 saturated heterocycles. The van der Waals surface area contributed by atoms with Gasteiger partial charge in [-0.15, -0.1) is 0 Å². The number of anilines is 1. The molecule has 98 valence electrons. The zero-order chi connectivity index (χ0) is 13.4. The zero-order valence-corrected chi connectivity index (χ0v) is 11.1. The van der Waals surface area contributed by atoms with Gasteiger partial charge in [0.05, 0.1) is 13.5 Å². The first-order valence-corrected chi connectivity index (χ1v) is 6.40. The number of amides is 1. The van der Waals surface area contributed by atoms with E-state index < -0.39 is 0 Å². The van der Waals surface area contributed by atoms with E-state index in [1.165, 1.54) is 0 Å². The number of aliphatic imine (C=N–C) groups is 1. The molecule has 0 fully saturated rings. The van der Waals surface area contributed by atoms with Crippen LogP contribution in [-0.4, -0.2) is 25.8 Å². The number of hydrogen-bond donors (Lipinski definition) is 1. The molecule has 0 aromatic heterocycles. The molecule has 1 aromatic carbocycles. The Balaban J connectivity index is 2.09. The first kappa shape index (κ1) is 12.0. The van der Waals surface area contributed by atoms with Crippen LogP contribution < -0.4 is 10.1 Å². The number of carbonyl (C=O) groups is 1. The third kappa shape index (κ3) is 2.14. The Labute approximate surface area is 112 Å². The quantitative estimate of drug-likeness (QED) is 0.882. The van der Waals surface area contributed by atoms with Crippen molar-refractivity contribution in [2.75, 3.05) is 19.0 Å². The predicted octanol–water partition coefficient (Wildman–Crippen LogP) is 2.29. The molecule has 2 heterocycles. The van der Waals surface area contributed by atoms with Crippen LogP contribution in [0, 0.1) is 5.92 Å². The molecule has 4 heteroatoms. The lowest BCUT2D eigenvalue weighted by Gasteiger charge is -2.16. The molecule has 1 atom stereocenters. The highest BCUT2D eigenvalue weighted by atomic mass is 16.5. The Hall–Kier alpha value is -2.10. The molecule has 0 bridgehead atoms. The zero-order valence-electron chi connectivity index (χ0n) is 11.1. The van der Waals surface area contributed by atoms with E-state index in [-0.39, 0.29) is 5.91 Å². The van der Waals surface area contributed by atoms with Gasteiger partial charge in [-0.25, -0.2) is 0 Å². The number of ether oxygens (including phenoxy) is 1. The summed E-state index contributed by atoms with van der Waals surface area (Å²) in [6, 6.07) is 3.92. The number of benzene rings is 1. The van der Waals surface area contributed by atoms with Crippen molar-refractivity contribution in [1.82, 2.24) is 0 Å². The first-order chi connectivity index (χ1) is 9.17. The van der Waals surface area contributed by atoms with E-state index in [1.807, 2.05) is 18.3 Å². The summed E-state index contributed by atoms with van der Waals surface area (Å²) in [7, 11) is 1.64. The van der Waals surface area contributed by atoms with Gasteiger partial charge in [0.1, 0.15) is 5.75 Å². The lowest BCUT2D eigenvalue weighted by atomic mass is 9.96. The molecule has 3 rings (SSSR count). The second kappa shape index (κ2) is 4.53. The third-order valence-electron chi connectivity index (χ3n) is 3.45. The van der Waals surface area contributed by atoms with Crippen LogP contribution in [0.5, 0.6) is 5.75 Å². The smallest absolute Gasteiger partial charge is 0.228 e. The van der Waals surface area contributed by atoms with Gasteiger partial charge in [0.2, 0.25) is 5.91 Å². The van der Waals surface area contributed by atoms with Gasteiger partial charge in [-0.05, 0) is 23.1 Å². The van der Waals surface area contributed by atoms with Gasteiger partial charge in [0.25, 0.3) is 0 Å². The molecular formula is C15H16N2O2.